The van der Waals surface area contributed by atoms with Gasteiger partial charge in [0, 0.05) is 22.5 Å². The highest BCUT2D eigenvalue weighted by Gasteiger charge is 2.05. The van der Waals surface area contributed by atoms with Crippen molar-refractivity contribution in [3.8, 4) is 0 Å². The Morgan fingerprint density at radius 2 is 1.28 bits per heavy atom. The van der Waals surface area contributed by atoms with E-state index in [1.807, 2.05) is 27.7 Å². The number of rotatable bonds is 3. The quantitative estimate of drug-likeness (QED) is 0.639. The third-order valence-corrected chi connectivity index (χ3v) is 2.79. The molecule has 0 aliphatic heterocycles. The van der Waals surface area contributed by atoms with E-state index in [0.29, 0.717) is 0 Å². The summed E-state index contributed by atoms with van der Waals surface area (Å²) >= 11 is 0. The molecule has 0 spiro atoms. The minimum atomic E-state index is 0.835. The van der Waals surface area contributed by atoms with Crippen LogP contribution in [-0.4, -0.2) is 31.8 Å². The van der Waals surface area contributed by atoms with Crippen molar-refractivity contribution in [1.82, 2.24) is 20.4 Å². The molecule has 0 radical (unpaired) electrons. The first-order valence-corrected chi connectivity index (χ1v) is 5.69. The maximum atomic E-state index is 4.23. The van der Waals surface area contributed by atoms with Gasteiger partial charge in [0.2, 0.25) is 0 Å². The van der Waals surface area contributed by atoms with Crippen LogP contribution in [0.15, 0.2) is 22.6 Å². The molecule has 0 unspecified atom stereocenters. The van der Waals surface area contributed by atoms with Gasteiger partial charge in [-0.2, -0.15) is 20.4 Å². The van der Waals surface area contributed by atoms with Gasteiger partial charge in [-0.15, -0.1) is 0 Å². The summed E-state index contributed by atoms with van der Waals surface area (Å²) in [6.07, 6.45) is 3.50. The summed E-state index contributed by atoms with van der Waals surface area (Å²) in [7, 11) is 0. The molecule has 2 aromatic heterocycles. The molecule has 0 bridgehead atoms. The number of nitrogens with zero attached hydrogens (tertiary/aromatic N) is 4. The third-order valence-electron chi connectivity index (χ3n) is 2.79. The molecule has 6 heteroatoms. The lowest BCUT2D eigenvalue weighted by molar-refractivity contribution is 1.05. The zero-order chi connectivity index (χ0) is 13.1. The van der Waals surface area contributed by atoms with Crippen LogP contribution in [0.2, 0.25) is 0 Å². The van der Waals surface area contributed by atoms with Crippen LogP contribution in [0, 0.1) is 13.8 Å². The fraction of sp³-hybridized carbons (Fsp3) is 0.333. The van der Waals surface area contributed by atoms with E-state index in [4.69, 9.17) is 0 Å². The summed E-state index contributed by atoms with van der Waals surface area (Å²) in [5, 5.41) is 22.1. The molecule has 18 heavy (non-hydrogen) atoms. The maximum Gasteiger partial charge on any atom is 0.0706 e. The standard InChI is InChI=1S/C12H16N6/c1-7-11(5-13-15-7)9(3)17-18-10(4)12-6-14-16-8(12)2/h5-6H,1-4H3,(H,13,15)(H,14,16)/b17-9-,18-10+. The fourth-order valence-electron chi connectivity index (χ4n) is 1.69. The summed E-state index contributed by atoms with van der Waals surface area (Å²) in [6, 6.07) is 0. The van der Waals surface area contributed by atoms with Crippen molar-refractivity contribution >= 4 is 11.4 Å². The highest BCUT2D eigenvalue weighted by Crippen LogP contribution is 2.07. The van der Waals surface area contributed by atoms with Gasteiger partial charge in [-0.05, 0) is 27.7 Å². The number of aromatic nitrogens is 4. The van der Waals surface area contributed by atoms with Gasteiger partial charge in [-0.3, -0.25) is 10.2 Å². The number of H-pyrrole nitrogens is 2. The molecule has 2 N–H and O–H groups in total. The Labute approximate surface area is 105 Å². The average molecular weight is 244 g/mol. The number of nitrogens with one attached hydrogen (secondary N) is 2. The van der Waals surface area contributed by atoms with Crippen LogP contribution in [0.1, 0.15) is 36.4 Å². The van der Waals surface area contributed by atoms with Crippen molar-refractivity contribution < 1.29 is 0 Å². The summed E-state index contributed by atoms with van der Waals surface area (Å²) in [6.45, 7) is 7.74. The first-order valence-electron chi connectivity index (χ1n) is 5.69. The van der Waals surface area contributed by atoms with Gasteiger partial charge >= 0.3 is 0 Å². The zero-order valence-electron chi connectivity index (χ0n) is 10.9. The van der Waals surface area contributed by atoms with E-state index >= 15 is 0 Å². The van der Waals surface area contributed by atoms with Crippen LogP contribution in [0.5, 0.6) is 0 Å². The van der Waals surface area contributed by atoms with E-state index in [-0.39, 0.29) is 0 Å². The second-order valence-electron chi connectivity index (χ2n) is 4.19. The topological polar surface area (TPSA) is 82.1 Å². The predicted octanol–water partition coefficient (Wildman–Crippen LogP) is 1.98. The van der Waals surface area contributed by atoms with E-state index < -0.39 is 0 Å². The van der Waals surface area contributed by atoms with E-state index in [2.05, 4.69) is 30.6 Å². The van der Waals surface area contributed by atoms with Crippen LogP contribution in [0.4, 0.5) is 0 Å². The molecular weight excluding hydrogens is 228 g/mol. The Hall–Kier alpha value is -2.24. The molecule has 2 heterocycles. The maximum absolute atomic E-state index is 4.23. The molecule has 0 saturated heterocycles. The molecular formula is C12H16N6. The lowest BCUT2D eigenvalue weighted by atomic mass is 10.2. The predicted molar refractivity (Wildman–Crippen MR) is 71.1 cm³/mol. The number of hydrogen-bond donors (Lipinski definition) is 2. The smallest absolute Gasteiger partial charge is 0.0706 e. The first-order chi connectivity index (χ1) is 8.59. The molecule has 0 aliphatic rings. The SMILES string of the molecule is C/C(=N/N=C(\C)c1cn[nH]c1C)c1cn[nH]c1C. The number of aryl methyl sites for hydroxylation is 2. The highest BCUT2D eigenvalue weighted by atomic mass is 15.2. The molecule has 0 aliphatic carbocycles. The van der Waals surface area contributed by atoms with Gasteiger partial charge in [-0.1, -0.05) is 0 Å². The Bertz CT molecular complexity index is 547. The van der Waals surface area contributed by atoms with Gasteiger partial charge < -0.3 is 0 Å². The van der Waals surface area contributed by atoms with Crippen molar-refractivity contribution in [3.05, 3.63) is 34.9 Å². The largest absolute Gasteiger partial charge is 0.282 e. The zero-order valence-corrected chi connectivity index (χ0v) is 10.9. The monoisotopic (exact) mass is 244 g/mol. The van der Waals surface area contributed by atoms with Gasteiger partial charge in [0.05, 0.1) is 23.8 Å². The molecule has 2 rings (SSSR count). The van der Waals surface area contributed by atoms with Crippen LogP contribution < -0.4 is 0 Å². The molecule has 0 amide bonds. The minimum absolute atomic E-state index is 0.835. The third kappa shape index (κ3) is 2.37. The van der Waals surface area contributed by atoms with Crippen LogP contribution >= 0.6 is 0 Å². The Kier molecular flexibility index (Phi) is 3.36. The molecule has 94 valence electrons. The Morgan fingerprint density at radius 1 is 0.889 bits per heavy atom. The van der Waals surface area contributed by atoms with Crippen molar-refractivity contribution in [2.24, 2.45) is 10.2 Å². The Morgan fingerprint density at radius 3 is 1.56 bits per heavy atom. The normalized spacial score (nSPS) is 13.1. The molecule has 0 aromatic carbocycles. The molecule has 6 nitrogen and oxygen atoms in total. The van der Waals surface area contributed by atoms with E-state index in [9.17, 15) is 0 Å². The van der Waals surface area contributed by atoms with E-state index in [0.717, 1.165) is 33.9 Å². The summed E-state index contributed by atoms with van der Waals surface area (Å²) in [4.78, 5) is 0. The molecule has 0 saturated carbocycles. The summed E-state index contributed by atoms with van der Waals surface area (Å²) < 4.78 is 0. The van der Waals surface area contributed by atoms with Gasteiger partial charge in [0.1, 0.15) is 0 Å². The van der Waals surface area contributed by atoms with Crippen LogP contribution in [-0.2, 0) is 0 Å². The molecule has 0 fully saturated rings. The minimum Gasteiger partial charge on any atom is -0.282 e. The van der Waals surface area contributed by atoms with E-state index in [1.54, 1.807) is 12.4 Å². The number of hydrogen-bond acceptors (Lipinski definition) is 4. The van der Waals surface area contributed by atoms with Crippen molar-refractivity contribution in [2.45, 2.75) is 27.7 Å². The summed E-state index contributed by atoms with van der Waals surface area (Å²) in [5.41, 5.74) is 5.61. The van der Waals surface area contributed by atoms with Crippen LogP contribution in [0.3, 0.4) is 0 Å². The lowest BCUT2D eigenvalue weighted by Crippen LogP contribution is -1.98. The number of aromatic amines is 2. The molecule has 2 aromatic rings. The van der Waals surface area contributed by atoms with Gasteiger partial charge in [0.15, 0.2) is 0 Å². The van der Waals surface area contributed by atoms with Crippen molar-refractivity contribution in [1.29, 1.82) is 0 Å². The lowest BCUT2D eigenvalue weighted by Gasteiger charge is -1.97. The highest BCUT2D eigenvalue weighted by molar-refractivity contribution is 6.02. The second kappa shape index (κ2) is 4.95. The van der Waals surface area contributed by atoms with Crippen molar-refractivity contribution in [3.63, 3.8) is 0 Å². The van der Waals surface area contributed by atoms with Gasteiger partial charge in [-0.25, -0.2) is 0 Å². The van der Waals surface area contributed by atoms with E-state index in [1.165, 1.54) is 0 Å². The molecule has 0 atom stereocenters. The fourth-order valence-corrected chi connectivity index (χ4v) is 1.69. The van der Waals surface area contributed by atoms with Crippen molar-refractivity contribution in [2.75, 3.05) is 0 Å². The second-order valence-corrected chi connectivity index (χ2v) is 4.19. The van der Waals surface area contributed by atoms with Crippen LogP contribution in [0.25, 0.3) is 0 Å². The van der Waals surface area contributed by atoms with Gasteiger partial charge in [0.25, 0.3) is 0 Å². The average Bonchev–Trinajstić information content (AvgIpc) is 2.94. The Balaban J connectivity index is 2.25. The summed E-state index contributed by atoms with van der Waals surface area (Å²) in [5.74, 6) is 0. The first kappa shape index (κ1) is 12.2.